The molecule has 4 N–H and O–H groups in total. The summed E-state index contributed by atoms with van der Waals surface area (Å²) in [6.07, 6.45) is 9.50. The second kappa shape index (κ2) is 15.9. The van der Waals surface area contributed by atoms with Crippen molar-refractivity contribution in [2.24, 2.45) is 5.73 Å². The first kappa shape index (κ1) is 33.2. The van der Waals surface area contributed by atoms with E-state index < -0.39 is 11.7 Å². The van der Waals surface area contributed by atoms with E-state index in [4.69, 9.17) is 4.74 Å². The molecule has 0 radical (unpaired) electrons. The van der Waals surface area contributed by atoms with Crippen LogP contribution < -0.4 is 16.0 Å². The molecule has 0 saturated carbocycles. The monoisotopic (exact) mass is 655 g/mol. The average molecular weight is 656 g/mol. The van der Waals surface area contributed by atoms with Gasteiger partial charge in [-0.2, -0.15) is 0 Å². The van der Waals surface area contributed by atoms with Gasteiger partial charge in [0.1, 0.15) is 23.5 Å². The van der Waals surface area contributed by atoms with Gasteiger partial charge in [0, 0.05) is 43.8 Å². The SMILES string of the molecule is NC(=O)/C(F)=C\CN1CCC1.O=C(Nc1ccc(-c2cc3c(N4CCOCC4)ncnc3[nH]2)cc1)c1cc(CN2CCCCC2)ccn1. The first-order valence-corrected chi connectivity index (χ1v) is 16.6. The van der Waals surface area contributed by atoms with Crippen molar-refractivity contribution in [3.8, 4) is 11.3 Å². The molecule has 0 atom stereocenters. The topological polar surface area (TPSA) is 146 Å². The molecule has 6 heterocycles. The third-order valence-corrected chi connectivity index (χ3v) is 8.79. The number of amides is 2. The fraction of sp³-hybridized carbons (Fsp3) is 0.400. The van der Waals surface area contributed by atoms with E-state index in [2.05, 4.69) is 46.9 Å². The third kappa shape index (κ3) is 8.59. The Labute approximate surface area is 279 Å². The number of hydrogen-bond donors (Lipinski definition) is 3. The van der Waals surface area contributed by atoms with Crippen LogP contribution in [0.1, 0.15) is 41.7 Å². The van der Waals surface area contributed by atoms with Gasteiger partial charge in [0.25, 0.3) is 11.8 Å². The van der Waals surface area contributed by atoms with Crippen LogP contribution in [0.4, 0.5) is 15.9 Å². The Morgan fingerprint density at radius 3 is 2.38 bits per heavy atom. The first-order chi connectivity index (χ1) is 23.4. The molecule has 3 saturated heterocycles. The number of nitrogens with two attached hydrogens (primary N) is 1. The lowest BCUT2D eigenvalue weighted by molar-refractivity contribution is -0.115. The number of nitrogens with zero attached hydrogens (tertiary/aromatic N) is 6. The molecule has 3 aromatic heterocycles. The minimum atomic E-state index is -0.981. The largest absolute Gasteiger partial charge is 0.378 e. The highest BCUT2D eigenvalue weighted by atomic mass is 19.1. The molecule has 0 unspecified atom stereocenters. The Kier molecular flexibility index (Phi) is 11.0. The normalized spacial score (nSPS) is 17.4. The van der Waals surface area contributed by atoms with Gasteiger partial charge in [-0.05, 0) is 93.0 Å². The number of anilines is 2. The highest BCUT2D eigenvalue weighted by Crippen LogP contribution is 2.30. The quantitative estimate of drug-likeness (QED) is 0.227. The van der Waals surface area contributed by atoms with E-state index in [0.29, 0.717) is 25.5 Å². The predicted octanol–water partition coefficient (Wildman–Crippen LogP) is 4.13. The van der Waals surface area contributed by atoms with Crippen LogP contribution in [0, 0.1) is 0 Å². The summed E-state index contributed by atoms with van der Waals surface area (Å²) in [6.45, 7) is 8.61. The number of hydrogen-bond acceptors (Lipinski definition) is 9. The number of primary amides is 1. The number of aromatic nitrogens is 4. The molecule has 3 fully saturated rings. The summed E-state index contributed by atoms with van der Waals surface area (Å²) >= 11 is 0. The van der Waals surface area contributed by atoms with Gasteiger partial charge in [-0.1, -0.05) is 18.6 Å². The molecule has 0 spiro atoms. The summed E-state index contributed by atoms with van der Waals surface area (Å²) in [5.74, 6) is -1.10. The maximum Gasteiger partial charge on any atom is 0.277 e. The van der Waals surface area contributed by atoms with E-state index in [1.807, 2.05) is 41.3 Å². The van der Waals surface area contributed by atoms with Crippen molar-refractivity contribution in [2.45, 2.75) is 32.2 Å². The molecule has 4 aromatic rings. The van der Waals surface area contributed by atoms with E-state index in [1.54, 1.807) is 12.5 Å². The Morgan fingerprint density at radius 2 is 1.67 bits per heavy atom. The molecule has 7 rings (SSSR count). The number of halogens is 1. The van der Waals surface area contributed by atoms with Crippen LogP contribution in [0.25, 0.3) is 22.3 Å². The molecule has 0 aliphatic carbocycles. The molecule has 13 heteroatoms. The maximum atomic E-state index is 12.9. The Balaban J connectivity index is 0.000000312. The molecule has 3 aliphatic rings. The van der Waals surface area contributed by atoms with Crippen molar-refractivity contribution in [3.63, 3.8) is 0 Å². The molecule has 252 valence electrons. The zero-order valence-electron chi connectivity index (χ0n) is 27.0. The van der Waals surface area contributed by atoms with Gasteiger partial charge in [0.15, 0.2) is 5.83 Å². The fourth-order valence-corrected chi connectivity index (χ4v) is 5.98. The van der Waals surface area contributed by atoms with Crippen molar-refractivity contribution >= 4 is 34.4 Å². The van der Waals surface area contributed by atoms with Gasteiger partial charge in [-0.15, -0.1) is 0 Å². The number of benzene rings is 1. The number of carbonyl (C=O) groups is 2. The van der Waals surface area contributed by atoms with Crippen molar-refractivity contribution < 1.29 is 18.7 Å². The second-order valence-corrected chi connectivity index (χ2v) is 12.2. The van der Waals surface area contributed by atoms with Crippen LogP contribution in [0.3, 0.4) is 0 Å². The molecule has 48 heavy (non-hydrogen) atoms. The summed E-state index contributed by atoms with van der Waals surface area (Å²) in [5.41, 5.74) is 9.72. The van der Waals surface area contributed by atoms with Crippen molar-refractivity contribution in [3.05, 3.63) is 78.1 Å². The van der Waals surface area contributed by atoms with E-state index in [0.717, 1.165) is 91.6 Å². The number of aromatic amines is 1. The number of likely N-dealkylation sites (tertiary alicyclic amines) is 2. The number of morpholine rings is 1. The Bertz CT molecular complexity index is 1730. The van der Waals surface area contributed by atoms with Gasteiger partial charge >= 0.3 is 0 Å². The standard InChI is InChI=1S/C28H31N7O2.C7H11FN2O/c36-28(25-16-20(8-9-29-25)18-34-10-2-1-3-11-34)32-22-6-4-21(5-7-22)24-17-23-26(33-24)30-19-31-27(23)35-12-14-37-15-13-35;8-6(7(9)11)2-5-10-3-1-4-10/h4-9,16-17,19H,1-3,10-15,18H2,(H,32,36)(H,30,31,33);2H,1,3-5H2,(H2,9,11)/b;6-2+. The number of rotatable bonds is 9. The van der Waals surface area contributed by atoms with Crippen LogP contribution >= 0.6 is 0 Å². The number of piperidine rings is 1. The van der Waals surface area contributed by atoms with Crippen LogP contribution in [-0.4, -0.2) is 101 Å². The van der Waals surface area contributed by atoms with Crippen LogP contribution in [0.15, 0.2) is 66.9 Å². The Morgan fingerprint density at radius 1 is 0.917 bits per heavy atom. The van der Waals surface area contributed by atoms with E-state index >= 15 is 0 Å². The van der Waals surface area contributed by atoms with Crippen molar-refractivity contribution in [1.29, 1.82) is 0 Å². The molecule has 12 nitrogen and oxygen atoms in total. The van der Waals surface area contributed by atoms with Crippen molar-refractivity contribution in [1.82, 2.24) is 29.7 Å². The van der Waals surface area contributed by atoms with E-state index in [1.165, 1.54) is 25.3 Å². The van der Waals surface area contributed by atoms with Gasteiger partial charge < -0.3 is 25.7 Å². The van der Waals surface area contributed by atoms with Crippen LogP contribution in [0.2, 0.25) is 0 Å². The first-order valence-electron chi connectivity index (χ1n) is 16.6. The van der Waals surface area contributed by atoms with Crippen LogP contribution in [0.5, 0.6) is 0 Å². The van der Waals surface area contributed by atoms with Gasteiger partial charge in [0.2, 0.25) is 0 Å². The third-order valence-electron chi connectivity index (χ3n) is 8.79. The fourth-order valence-electron chi connectivity index (χ4n) is 5.98. The summed E-state index contributed by atoms with van der Waals surface area (Å²) in [7, 11) is 0. The van der Waals surface area contributed by atoms with Gasteiger partial charge in [0.05, 0.1) is 18.6 Å². The minimum absolute atomic E-state index is 0.204. The lowest BCUT2D eigenvalue weighted by atomic mass is 10.1. The minimum Gasteiger partial charge on any atom is -0.378 e. The number of H-pyrrole nitrogens is 1. The lowest BCUT2D eigenvalue weighted by Crippen LogP contribution is -2.37. The maximum absolute atomic E-state index is 12.9. The van der Waals surface area contributed by atoms with Gasteiger partial charge in [-0.3, -0.25) is 24.4 Å². The molecule has 1 aromatic carbocycles. The number of ether oxygens (including phenoxy) is 1. The highest BCUT2D eigenvalue weighted by molar-refractivity contribution is 6.03. The number of nitrogens with one attached hydrogen (secondary N) is 2. The molecule has 3 aliphatic heterocycles. The number of carbonyl (C=O) groups excluding carboxylic acids is 2. The van der Waals surface area contributed by atoms with Crippen LogP contribution in [-0.2, 0) is 16.1 Å². The van der Waals surface area contributed by atoms with E-state index in [-0.39, 0.29) is 5.91 Å². The number of pyridine rings is 1. The average Bonchev–Trinajstić information content (AvgIpc) is 3.54. The predicted molar refractivity (Wildman–Crippen MR) is 183 cm³/mol. The Hall–Kier alpha value is -4.72. The lowest BCUT2D eigenvalue weighted by Gasteiger charge is -2.29. The zero-order chi connectivity index (χ0) is 33.3. The second-order valence-electron chi connectivity index (χ2n) is 12.2. The molecule has 0 bridgehead atoms. The van der Waals surface area contributed by atoms with E-state index in [9.17, 15) is 14.0 Å². The number of fused-ring (bicyclic) bond motifs is 1. The summed E-state index contributed by atoms with van der Waals surface area (Å²) in [6, 6.07) is 13.8. The summed E-state index contributed by atoms with van der Waals surface area (Å²) < 4.78 is 17.9. The molecular weight excluding hydrogens is 613 g/mol. The van der Waals surface area contributed by atoms with Gasteiger partial charge in [-0.25, -0.2) is 14.4 Å². The smallest absolute Gasteiger partial charge is 0.277 e. The summed E-state index contributed by atoms with van der Waals surface area (Å²) in [4.78, 5) is 46.5. The van der Waals surface area contributed by atoms with Crippen molar-refractivity contribution in [2.75, 3.05) is 69.2 Å². The molecular formula is C35H42FN9O3. The highest BCUT2D eigenvalue weighted by Gasteiger charge is 2.18. The summed E-state index contributed by atoms with van der Waals surface area (Å²) in [5, 5.41) is 3.97. The molecule has 2 amide bonds. The zero-order valence-corrected chi connectivity index (χ0v) is 27.0.